The first-order valence-corrected chi connectivity index (χ1v) is 8.52. The molecular weight excluding hydrogens is 372 g/mol. The molecule has 7 heteroatoms. The number of benzene rings is 1. The Kier molecular flexibility index (Phi) is 3.93. The molecule has 0 bridgehead atoms. The third-order valence-corrected chi connectivity index (χ3v) is 4.61. The van der Waals surface area contributed by atoms with E-state index in [1.807, 2.05) is 41.2 Å². The Bertz CT molecular complexity index is 858. The Morgan fingerprint density at radius 3 is 2.79 bits per heavy atom. The third-order valence-electron chi connectivity index (χ3n) is 4.19. The van der Waals surface area contributed by atoms with Gasteiger partial charge in [0.2, 0.25) is 0 Å². The lowest BCUT2D eigenvalue weighted by Crippen LogP contribution is -2.28. The van der Waals surface area contributed by atoms with Gasteiger partial charge in [0, 0.05) is 18.7 Å². The highest BCUT2D eigenvalue weighted by Gasteiger charge is 2.30. The van der Waals surface area contributed by atoms with Gasteiger partial charge in [-0.05, 0) is 34.5 Å². The molecule has 1 aliphatic heterocycles. The number of likely N-dealkylation sites (tertiary alicyclic amines) is 1. The highest BCUT2D eigenvalue weighted by molar-refractivity contribution is 9.10. The van der Waals surface area contributed by atoms with Crippen LogP contribution >= 0.6 is 15.9 Å². The molecule has 3 heterocycles. The smallest absolute Gasteiger partial charge is 0.289 e. The number of hydrogen-bond acceptors (Lipinski definition) is 4. The summed E-state index contributed by atoms with van der Waals surface area (Å²) in [5, 5.41) is 8.49. The topological polar surface area (TPSA) is 64.2 Å². The van der Waals surface area contributed by atoms with Crippen molar-refractivity contribution in [1.29, 1.82) is 0 Å². The van der Waals surface area contributed by atoms with Gasteiger partial charge in [-0.2, -0.15) is 0 Å². The first-order valence-electron chi connectivity index (χ1n) is 7.72. The molecule has 1 saturated heterocycles. The summed E-state index contributed by atoms with van der Waals surface area (Å²) in [4.78, 5) is 14.2. The molecular formula is C17H15BrN4O2. The Morgan fingerprint density at radius 2 is 2.04 bits per heavy atom. The number of aromatic nitrogens is 3. The van der Waals surface area contributed by atoms with E-state index >= 15 is 0 Å². The fourth-order valence-electron chi connectivity index (χ4n) is 2.92. The van der Waals surface area contributed by atoms with Crippen LogP contribution in [-0.2, 0) is 0 Å². The molecule has 6 nitrogen and oxygen atoms in total. The molecule has 0 N–H and O–H groups in total. The first kappa shape index (κ1) is 15.1. The number of rotatable bonds is 3. The number of carbonyl (C=O) groups excluding carboxylic acids is 1. The van der Waals surface area contributed by atoms with Crippen LogP contribution in [0, 0.1) is 0 Å². The van der Waals surface area contributed by atoms with Crippen LogP contribution in [0.1, 0.15) is 23.0 Å². The summed E-state index contributed by atoms with van der Waals surface area (Å²) in [7, 11) is 0. The average Bonchev–Trinajstić information content (AvgIpc) is 3.35. The highest BCUT2D eigenvalue weighted by atomic mass is 79.9. The van der Waals surface area contributed by atoms with E-state index in [-0.39, 0.29) is 11.9 Å². The maximum Gasteiger partial charge on any atom is 0.289 e. The van der Waals surface area contributed by atoms with Crippen LogP contribution in [0.5, 0.6) is 0 Å². The maximum absolute atomic E-state index is 12.4. The highest BCUT2D eigenvalue weighted by Crippen LogP contribution is 2.25. The maximum atomic E-state index is 12.4. The largest absolute Gasteiger partial charge is 0.444 e. The van der Waals surface area contributed by atoms with Crippen molar-refractivity contribution in [3.8, 4) is 11.3 Å². The molecule has 1 aliphatic rings. The lowest BCUT2D eigenvalue weighted by atomic mass is 10.2. The van der Waals surface area contributed by atoms with Gasteiger partial charge in [0.25, 0.3) is 5.91 Å². The van der Waals surface area contributed by atoms with Crippen molar-refractivity contribution in [2.45, 2.75) is 12.5 Å². The van der Waals surface area contributed by atoms with Crippen molar-refractivity contribution in [2.24, 2.45) is 0 Å². The van der Waals surface area contributed by atoms with E-state index in [9.17, 15) is 4.79 Å². The van der Waals surface area contributed by atoms with Gasteiger partial charge in [0.1, 0.15) is 5.69 Å². The van der Waals surface area contributed by atoms with Crippen LogP contribution in [0.3, 0.4) is 0 Å². The molecule has 2 aromatic heterocycles. The third kappa shape index (κ3) is 2.87. The molecule has 0 radical (unpaired) electrons. The minimum atomic E-state index is -0.0911. The second-order valence-electron chi connectivity index (χ2n) is 5.75. The van der Waals surface area contributed by atoms with Crippen LogP contribution in [0.4, 0.5) is 0 Å². The van der Waals surface area contributed by atoms with Gasteiger partial charge in [-0.1, -0.05) is 35.5 Å². The van der Waals surface area contributed by atoms with E-state index in [2.05, 4.69) is 26.2 Å². The van der Waals surface area contributed by atoms with E-state index in [0.717, 1.165) is 17.7 Å². The van der Waals surface area contributed by atoms with E-state index < -0.39 is 0 Å². The SMILES string of the molecule is O=C(c1ccc(Br)o1)N1CCC(n2cc(-c3ccccc3)nn2)C1. The summed E-state index contributed by atoms with van der Waals surface area (Å²) in [6, 6.07) is 13.5. The molecule has 1 amide bonds. The fourth-order valence-corrected chi connectivity index (χ4v) is 3.23. The number of hydrogen-bond donors (Lipinski definition) is 0. The minimum absolute atomic E-state index is 0.0911. The molecule has 3 aromatic rings. The minimum Gasteiger partial charge on any atom is -0.444 e. The lowest BCUT2D eigenvalue weighted by molar-refractivity contribution is 0.0754. The molecule has 1 unspecified atom stereocenters. The molecule has 122 valence electrons. The van der Waals surface area contributed by atoms with Gasteiger partial charge >= 0.3 is 0 Å². The van der Waals surface area contributed by atoms with E-state index in [4.69, 9.17) is 4.42 Å². The normalized spacial score (nSPS) is 17.4. The number of amides is 1. The molecule has 0 saturated carbocycles. The number of nitrogens with zero attached hydrogens (tertiary/aromatic N) is 4. The summed E-state index contributed by atoms with van der Waals surface area (Å²) >= 11 is 3.22. The molecule has 4 rings (SSSR count). The van der Waals surface area contributed by atoms with E-state index in [1.165, 1.54) is 0 Å². The zero-order valence-corrected chi connectivity index (χ0v) is 14.4. The van der Waals surface area contributed by atoms with Gasteiger partial charge in [0.15, 0.2) is 10.4 Å². The Balaban J connectivity index is 1.47. The van der Waals surface area contributed by atoms with Gasteiger partial charge in [0.05, 0.1) is 12.2 Å². The average molecular weight is 387 g/mol. The summed E-state index contributed by atoms with van der Waals surface area (Å²) in [6.07, 6.45) is 2.79. The molecule has 1 aromatic carbocycles. The molecule has 0 aliphatic carbocycles. The zero-order valence-electron chi connectivity index (χ0n) is 12.8. The van der Waals surface area contributed by atoms with Gasteiger partial charge in [-0.25, -0.2) is 4.68 Å². The van der Waals surface area contributed by atoms with Crippen LogP contribution in [0.25, 0.3) is 11.3 Å². The number of furan rings is 1. The second kappa shape index (κ2) is 6.24. The lowest BCUT2D eigenvalue weighted by Gasteiger charge is -2.14. The summed E-state index contributed by atoms with van der Waals surface area (Å²) < 4.78 is 7.77. The Hall–Kier alpha value is -2.41. The van der Waals surface area contributed by atoms with Crippen LogP contribution in [0.2, 0.25) is 0 Å². The zero-order chi connectivity index (χ0) is 16.5. The summed E-state index contributed by atoms with van der Waals surface area (Å²) in [5.74, 6) is 0.262. The standard InChI is InChI=1S/C17H15BrN4O2/c18-16-7-6-15(24-16)17(23)21-9-8-13(10-21)22-11-14(19-20-22)12-4-2-1-3-5-12/h1-7,11,13H,8-10H2. The molecule has 1 atom stereocenters. The number of carbonyl (C=O) groups is 1. The summed E-state index contributed by atoms with van der Waals surface area (Å²) in [6.45, 7) is 1.29. The fraction of sp³-hybridized carbons (Fsp3) is 0.235. The predicted molar refractivity (Wildman–Crippen MR) is 91.4 cm³/mol. The Labute approximate surface area is 147 Å². The van der Waals surface area contributed by atoms with Crippen molar-refractivity contribution in [2.75, 3.05) is 13.1 Å². The van der Waals surface area contributed by atoms with Crippen LogP contribution in [-0.4, -0.2) is 38.9 Å². The first-order chi connectivity index (χ1) is 11.7. The quantitative estimate of drug-likeness (QED) is 0.691. The van der Waals surface area contributed by atoms with Crippen molar-refractivity contribution >= 4 is 21.8 Å². The van der Waals surface area contributed by atoms with E-state index in [0.29, 0.717) is 23.5 Å². The van der Waals surface area contributed by atoms with E-state index in [1.54, 1.807) is 17.0 Å². The predicted octanol–water partition coefficient (Wildman–Crippen LogP) is 3.39. The number of halogens is 1. The molecule has 24 heavy (non-hydrogen) atoms. The Morgan fingerprint density at radius 1 is 1.21 bits per heavy atom. The van der Waals surface area contributed by atoms with Gasteiger partial charge in [-0.3, -0.25) is 4.79 Å². The van der Waals surface area contributed by atoms with Crippen LogP contribution < -0.4 is 0 Å². The van der Waals surface area contributed by atoms with Crippen LogP contribution in [0.15, 0.2) is 57.7 Å². The van der Waals surface area contributed by atoms with Gasteiger partial charge < -0.3 is 9.32 Å². The van der Waals surface area contributed by atoms with Gasteiger partial charge in [-0.15, -0.1) is 5.10 Å². The van der Waals surface area contributed by atoms with Crippen molar-refractivity contribution in [3.63, 3.8) is 0 Å². The molecule has 1 fully saturated rings. The van der Waals surface area contributed by atoms with Crippen molar-refractivity contribution in [3.05, 3.63) is 59.1 Å². The molecule has 0 spiro atoms. The van der Waals surface area contributed by atoms with Crippen molar-refractivity contribution < 1.29 is 9.21 Å². The monoisotopic (exact) mass is 386 g/mol. The second-order valence-corrected chi connectivity index (χ2v) is 6.53. The van der Waals surface area contributed by atoms with Crippen molar-refractivity contribution in [1.82, 2.24) is 19.9 Å². The summed E-state index contributed by atoms with van der Waals surface area (Å²) in [5.41, 5.74) is 1.88.